The van der Waals surface area contributed by atoms with Crippen LogP contribution in [0.5, 0.6) is 0 Å². The minimum absolute atomic E-state index is 0.104. The van der Waals surface area contributed by atoms with E-state index in [2.05, 4.69) is 25.3 Å². The maximum absolute atomic E-state index is 9.65. The molecule has 0 bridgehead atoms. The van der Waals surface area contributed by atoms with Gasteiger partial charge < -0.3 is 20.3 Å². The van der Waals surface area contributed by atoms with Crippen molar-refractivity contribution in [2.45, 2.75) is 109 Å². The molecule has 1 atom stereocenters. The summed E-state index contributed by atoms with van der Waals surface area (Å²) in [7, 11) is -0.879. The molecule has 0 saturated carbocycles. The summed E-state index contributed by atoms with van der Waals surface area (Å²) in [6.07, 6.45) is 14.4. The molecule has 3 N–H and O–H groups in total. The molecule has 0 aliphatic heterocycles. The lowest BCUT2D eigenvalue weighted by Gasteiger charge is -2.21. The van der Waals surface area contributed by atoms with E-state index >= 15 is 0 Å². The monoisotopic (exact) mass is 403 g/mol. The predicted molar refractivity (Wildman–Crippen MR) is 120 cm³/mol. The summed E-state index contributed by atoms with van der Waals surface area (Å²) < 4.78 is 5.50. The van der Waals surface area contributed by atoms with Gasteiger partial charge in [0, 0.05) is 27.8 Å². The highest BCUT2D eigenvalue weighted by Crippen LogP contribution is 2.22. The zero-order valence-electron chi connectivity index (χ0n) is 18.6. The van der Waals surface area contributed by atoms with Crippen molar-refractivity contribution in [2.75, 3.05) is 32.9 Å². The summed E-state index contributed by atoms with van der Waals surface area (Å²) >= 11 is 0. The van der Waals surface area contributed by atoms with E-state index in [1.807, 2.05) is 0 Å². The molecule has 0 amide bonds. The van der Waals surface area contributed by atoms with E-state index in [4.69, 9.17) is 9.84 Å². The van der Waals surface area contributed by atoms with Gasteiger partial charge in [0.1, 0.15) is 0 Å². The fraction of sp³-hybridized carbons (Fsp3) is 1.00. The molecule has 164 valence electrons. The average molecular weight is 404 g/mol. The Morgan fingerprint density at radius 1 is 0.852 bits per heavy atom. The molecule has 0 aromatic rings. The van der Waals surface area contributed by atoms with Gasteiger partial charge in [-0.3, -0.25) is 0 Å². The Hall–Kier alpha value is 0.0569. The highest BCUT2D eigenvalue weighted by molar-refractivity contribution is 6.77. The Morgan fingerprint density at radius 2 is 1.41 bits per heavy atom. The topological polar surface area (TPSA) is 61.7 Å². The molecule has 0 aromatic heterocycles. The highest BCUT2D eigenvalue weighted by atomic mass is 28.3. The van der Waals surface area contributed by atoms with E-state index in [0.717, 1.165) is 13.0 Å². The molecular formula is C22H49NO3Si. The molecular weight excluding hydrogens is 354 g/mol. The van der Waals surface area contributed by atoms with Gasteiger partial charge in [0.15, 0.2) is 0 Å². The third kappa shape index (κ3) is 20.6. The van der Waals surface area contributed by atoms with Crippen LogP contribution in [0.2, 0.25) is 25.2 Å². The van der Waals surface area contributed by atoms with Crippen molar-refractivity contribution in [3.05, 3.63) is 0 Å². The van der Waals surface area contributed by atoms with E-state index in [1.54, 1.807) is 0 Å². The SMILES string of the molecule is CCCC[Si](C)(C)CCCCCCCCCCCOCC(O)CNCCO. The molecule has 0 radical (unpaired) electrons. The second-order valence-electron chi connectivity index (χ2n) is 8.86. The molecule has 0 aliphatic carbocycles. The van der Waals surface area contributed by atoms with Gasteiger partial charge >= 0.3 is 0 Å². The number of hydrogen-bond donors (Lipinski definition) is 3. The predicted octanol–water partition coefficient (Wildman–Crippen LogP) is 4.97. The van der Waals surface area contributed by atoms with Crippen LogP contribution in [0.1, 0.15) is 77.6 Å². The smallest absolute Gasteiger partial charge is 0.0897 e. The molecule has 0 spiro atoms. The van der Waals surface area contributed by atoms with Crippen molar-refractivity contribution >= 4 is 8.07 Å². The van der Waals surface area contributed by atoms with E-state index in [1.165, 1.54) is 76.3 Å². The van der Waals surface area contributed by atoms with Crippen molar-refractivity contribution in [3.8, 4) is 0 Å². The van der Waals surface area contributed by atoms with Crippen LogP contribution in [0, 0.1) is 0 Å². The van der Waals surface area contributed by atoms with Crippen molar-refractivity contribution < 1.29 is 14.9 Å². The first-order chi connectivity index (χ1) is 13.0. The van der Waals surface area contributed by atoms with Crippen LogP contribution in [0.15, 0.2) is 0 Å². The fourth-order valence-electron chi connectivity index (χ4n) is 3.45. The summed E-state index contributed by atoms with van der Waals surface area (Å²) in [6, 6.07) is 3.05. The van der Waals surface area contributed by atoms with Crippen molar-refractivity contribution in [1.82, 2.24) is 5.32 Å². The number of hydrogen-bond acceptors (Lipinski definition) is 4. The van der Waals surface area contributed by atoms with Gasteiger partial charge in [-0.2, -0.15) is 0 Å². The largest absolute Gasteiger partial charge is 0.395 e. The van der Waals surface area contributed by atoms with E-state index < -0.39 is 14.2 Å². The molecule has 4 nitrogen and oxygen atoms in total. The number of rotatable bonds is 21. The van der Waals surface area contributed by atoms with Gasteiger partial charge in [0.25, 0.3) is 0 Å². The Morgan fingerprint density at radius 3 is 2.00 bits per heavy atom. The van der Waals surface area contributed by atoms with E-state index in [9.17, 15) is 5.11 Å². The zero-order chi connectivity index (χ0) is 20.2. The van der Waals surface area contributed by atoms with Gasteiger partial charge in [-0.05, 0) is 6.42 Å². The van der Waals surface area contributed by atoms with E-state index in [0.29, 0.717) is 19.7 Å². The third-order valence-electron chi connectivity index (χ3n) is 5.33. The van der Waals surface area contributed by atoms with Crippen LogP contribution in [-0.2, 0) is 4.74 Å². The van der Waals surface area contributed by atoms with Gasteiger partial charge in [-0.1, -0.05) is 96.3 Å². The van der Waals surface area contributed by atoms with Crippen molar-refractivity contribution in [1.29, 1.82) is 0 Å². The molecule has 0 aromatic carbocycles. The lowest BCUT2D eigenvalue weighted by atomic mass is 10.1. The van der Waals surface area contributed by atoms with Gasteiger partial charge in [-0.15, -0.1) is 0 Å². The minimum atomic E-state index is -0.879. The number of aliphatic hydroxyl groups is 2. The molecule has 0 saturated heterocycles. The molecule has 27 heavy (non-hydrogen) atoms. The fourth-order valence-corrected chi connectivity index (χ4v) is 6.22. The third-order valence-corrected chi connectivity index (χ3v) is 8.74. The molecule has 0 aliphatic rings. The summed E-state index contributed by atoms with van der Waals surface area (Å²) in [4.78, 5) is 0. The Labute approximate surface area is 170 Å². The van der Waals surface area contributed by atoms with Crippen LogP contribution >= 0.6 is 0 Å². The molecule has 5 heteroatoms. The lowest BCUT2D eigenvalue weighted by molar-refractivity contribution is 0.0350. The first kappa shape index (κ1) is 27.1. The highest BCUT2D eigenvalue weighted by Gasteiger charge is 2.18. The summed E-state index contributed by atoms with van der Waals surface area (Å²) in [6.45, 7) is 9.69. The number of unbranched alkanes of at least 4 members (excludes halogenated alkanes) is 9. The molecule has 0 rings (SSSR count). The number of nitrogens with one attached hydrogen (secondary N) is 1. The number of aliphatic hydroxyl groups excluding tert-OH is 2. The molecule has 0 heterocycles. The van der Waals surface area contributed by atoms with Crippen LogP contribution in [0.25, 0.3) is 0 Å². The maximum atomic E-state index is 9.65. The molecule has 0 fully saturated rings. The quantitative estimate of drug-likeness (QED) is 0.187. The summed E-state index contributed by atoms with van der Waals surface area (Å²) in [5.74, 6) is 0. The molecule has 1 unspecified atom stereocenters. The van der Waals surface area contributed by atoms with E-state index in [-0.39, 0.29) is 6.61 Å². The lowest BCUT2D eigenvalue weighted by Crippen LogP contribution is -2.32. The van der Waals surface area contributed by atoms with Crippen molar-refractivity contribution in [3.63, 3.8) is 0 Å². The summed E-state index contributed by atoms with van der Waals surface area (Å²) in [5.41, 5.74) is 0. The number of ether oxygens (including phenoxy) is 1. The Kier molecular flexibility index (Phi) is 19.4. The normalized spacial score (nSPS) is 13.2. The average Bonchev–Trinajstić information content (AvgIpc) is 2.64. The second-order valence-corrected chi connectivity index (χ2v) is 14.2. The van der Waals surface area contributed by atoms with Crippen LogP contribution in [0.3, 0.4) is 0 Å². The zero-order valence-corrected chi connectivity index (χ0v) is 19.6. The standard InChI is InChI=1S/C22H49NO3Si/c1-4-5-18-27(2,3)19-14-12-10-8-6-7-9-11-13-17-26-21-22(25)20-23-15-16-24/h22-25H,4-21H2,1-3H3. The van der Waals surface area contributed by atoms with Crippen molar-refractivity contribution in [2.24, 2.45) is 0 Å². The second kappa shape index (κ2) is 19.4. The maximum Gasteiger partial charge on any atom is 0.0897 e. The first-order valence-corrected chi connectivity index (χ1v) is 15.0. The Balaban J connectivity index is 3.23. The minimum Gasteiger partial charge on any atom is -0.395 e. The van der Waals surface area contributed by atoms with Crippen LogP contribution < -0.4 is 5.32 Å². The Bertz CT molecular complexity index is 303. The summed E-state index contributed by atoms with van der Waals surface area (Å²) in [5, 5.41) is 21.3. The van der Waals surface area contributed by atoms with Crippen LogP contribution in [-0.4, -0.2) is 57.3 Å². The van der Waals surface area contributed by atoms with Crippen LogP contribution in [0.4, 0.5) is 0 Å². The first-order valence-electron chi connectivity index (χ1n) is 11.6. The van der Waals surface area contributed by atoms with Gasteiger partial charge in [-0.25, -0.2) is 0 Å². The van der Waals surface area contributed by atoms with Gasteiger partial charge in [0.2, 0.25) is 0 Å². The van der Waals surface area contributed by atoms with Gasteiger partial charge in [0.05, 0.1) is 19.3 Å².